The van der Waals surface area contributed by atoms with E-state index < -0.39 is 15.8 Å². The third-order valence-electron chi connectivity index (χ3n) is 2.54. The molecule has 0 amide bonds. The Labute approximate surface area is 118 Å². The van der Waals surface area contributed by atoms with Gasteiger partial charge in [0.25, 0.3) is 0 Å². The third kappa shape index (κ3) is 3.20. The molecule has 2 N–H and O–H groups in total. The van der Waals surface area contributed by atoms with Gasteiger partial charge in [0.1, 0.15) is 5.82 Å². The maximum absolute atomic E-state index is 13.1. The summed E-state index contributed by atoms with van der Waals surface area (Å²) in [7, 11) is -3.76. The molecular formula is C11H11BrFN3O2S. The topological polar surface area (TPSA) is 74.8 Å². The van der Waals surface area contributed by atoms with Crippen LogP contribution in [0.25, 0.3) is 0 Å². The van der Waals surface area contributed by atoms with E-state index in [0.717, 1.165) is 6.07 Å². The van der Waals surface area contributed by atoms with Crippen LogP contribution in [0.15, 0.2) is 33.8 Å². The fraction of sp³-hybridized carbons (Fsp3) is 0.182. The standard InChI is InChI=1S/C11H11BrFN3O2S/c1-7-2-3-8(13)4-11(7)19(17,18)15-6-10-9(12)5-14-16-10/h2-5,15H,6H2,1H3,(H,14,16). The summed E-state index contributed by atoms with van der Waals surface area (Å²) in [6, 6.07) is 3.65. The zero-order valence-corrected chi connectivity index (χ0v) is 12.3. The van der Waals surface area contributed by atoms with Gasteiger partial charge in [0, 0.05) is 0 Å². The van der Waals surface area contributed by atoms with Gasteiger partial charge in [-0.05, 0) is 40.5 Å². The van der Waals surface area contributed by atoms with Crippen LogP contribution in [0.2, 0.25) is 0 Å². The fourth-order valence-corrected chi connectivity index (χ4v) is 3.11. The van der Waals surface area contributed by atoms with Crippen molar-refractivity contribution >= 4 is 26.0 Å². The van der Waals surface area contributed by atoms with Crippen LogP contribution in [0.3, 0.4) is 0 Å². The summed E-state index contributed by atoms with van der Waals surface area (Å²) in [4.78, 5) is -0.0665. The molecular weight excluding hydrogens is 337 g/mol. The molecule has 0 atom stereocenters. The molecule has 2 aromatic rings. The SMILES string of the molecule is Cc1ccc(F)cc1S(=O)(=O)NCc1[nH]ncc1Br. The number of nitrogens with zero attached hydrogens (tertiary/aromatic N) is 1. The molecule has 0 radical (unpaired) electrons. The Morgan fingerprint density at radius 1 is 1.47 bits per heavy atom. The molecule has 0 saturated carbocycles. The first-order chi connectivity index (χ1) is 8.90. The van der Waals surface area contributed by atoms with E-state index in [1.165, 1.54) is 18.3 Å². The summed E-state index contributed by atoms with van der Waals surface area (Å²) in [5.41, 5.74) is 1.08. The van der Waals surface area contributed by atoms with E-state index in [2.05, 4.69) is 30.8 Å². The fourth-order valence-electron chi connectivity index (χ4n) is 1.53. The van der Waals surface area contributed by atoms with Crippen molar-refractivity contribution < 1.29 is 12.8 Å². The van der Waals surface area contributed by atoms with Crippen LogP contribution >= 0.6 is 15.9 Å². The second kappa shape index (κ2) is 5.40. The summed E-state index contributed by atoms with van der Waals surface area (Å²) in [5, 5.41) is 6.42. The van der Waals surface area contributed by atoms with Crippen molar-refractivity contribution in [2.24, 2.45) is 0 Å². The van der Waals surface area contributed by atoms with E-state index in [1.807, 2.05) is 0 Å². The van der Waals surface area contributed by atoms with E-state index in [0.29, 0.717) is 15.7 Å². The first-order valence-electron chi connectivity index (χ1n) is 5.34. The summed E-state index contributed by atoms with van der Waals surface area (Å²) in [5.74, 6) is -0.589. The second-order valence-electron chi connectivity index (χ2n) is 3.93. The van der Waals surface area contributed by atoms with E-state index in [9.17, 15) is 12.8 Å². The predicted octanol–water partition coefficient (Wildman–Crippen LogP) is 2.10. The van der Waals surface area contributed by atoms with Gasteiger partial charge in [-0.1, -0.05) is 6.07 Å². The van der Waals surface area contributed by atoms with Gasteiger partial charge in [-0.15, -0.1) is 0 Å². The van der Waals surface area contributed by atoms with Gasteiger partial charge in [-0.3, -0.25) is 5.10 Å². The number of aryl methyl sites for hydroxylation is 1. The molecule has 1 aromatic heterocycles. The zero-order chi connectivity index (χ0) is 14.0. The maximum atomic E-state index is 13.1. The first-order valence-corrected chi connectivity index (χ1v) is 7.61. The van der Waals surface area contributed by atoms with Crippen molar-refractivity contribution in [3.63, 3.8) is 0 Å². The molecule has 0 aliphatic heterocycles. The minimum atomic E-state index is -3.76. The Morgan fingerprint density at radius 3 is 2.84 bits per heavy atom. The lowest BCUT2D eigenvalue weighted by Gasteiger charge is -2.08. The zero-order valence-electron chi connectivity index (χ0n) is 9.94. The molecule has 1 heterocycles. The van der Waals surface area contributed by atoms with Gasteiger partial charge >= 0.3 is 0 Å². The largest absolute Gasteiger partial charge is 0.280 e. The summed E-state index contributed by atoms with van der Waals surface area (Å²) < 4.78 is 40.4. The molecule has 1 aromatic carbocycles. The van der Waals surface area contributed by atoms with Gasteiger partial charge in [-0.25, -0.2) is 17.5 Å². The van der Waals surface area contributed by atoms with Crippen LogP contribution in [0.4, 0.5) is 4.39 Å². The Bertz CT molecular complexity index is 700. The van der Waals surface area contributed by atoms with E-state index in [-0.39, 0.29) is 11.4 Å². The van der Waals surface area contributed by atoms with Gasteiger partial charge in [0.05, 0.1) is 27.8 Å². The lowest BCUT2D eigenvalue weighted by atomic mass is 10.2. The molecule has 0 bridgehead atoms. The Balaban J connectivity index is 2.23. The number of hydrogen-bond acceptors (Lipinski definition) is 3. The average molecular weight is 348 g/mol. The lowest BCUT2D eigenvalue weighted by Crippen LogP contribution is -2.24. The van der Waals surface area contributed by atoms with Crippen LogP contribution in [0.1, 0.15) is 11.3 Å². The number of nitrogens with one attached hydrogen (secondary N) is 2. The van der Waals surface area contributed by atoms with Crippen LogP contribution in [-0.2, 0) is 16.6 Å². The van der Waals surface area contributed by atoms with Crippen molar-refractivity contribution in [2.45, 2.75) is 18.4 Å². The number of halogens is 2. The monoisotopic (exact) mass is 347 g/mol. The normalized spacial score (nSPS) is 11.7. The molecule has 0 fully saturated rings. The Kier molecular flexibility index (Phi) is 4.02. The average Bonchev–Trinajstić information content (AvgIpc) is 2.75. The predicted molar refractivity (Wildman–Crippen MR) is 71.5 cm³/mol. The van der Waals surface area contributed by atoms with E-state index in [4.69, 9.17) is 0 Å². The van der Waals surface area contributed by atoms with Crippen molar-refractivity contribution in [1.29, 1.82) is 0 Å². The molecule has 0 aliphatic carbocycles. The highest BCUT2D eigenvalue weighted by Crippen LogP contribution is 2.18. The van der Waals surface area contributed by atoms with Crippen LogP contribution < -0.4 is 4.72 Å². The van der Waals surface area contributed by atoms with Crippen LogP contribution in [-0.4, -0.2) is 18.6 Å². The third-order valence-corrected chi connectivity index (χ3v) is 4.77. The Morgan fingerprint density at radius 2 is 2.21 bits per heavy atom. The number of hydrogen-bond donors (Lipinski definition) is 2. The minimum Gasteiger partial charge on any atom is -0.280 e. The number of aromatic nitrogens is 2. The molecule has 5 nitrogen and oxygen atoms in total. The van der Waals surface area contributed by atoms with Gasteiger partial charge in [0.2, 0.25) is 10.0 Å². The minimum absolute atomic E-state index is 0.0405. The van der Waals surface area contributed by atoms with Crippen LogP contribution in [0, 0.1) is 12.7 Å². The molecule has 8 heteroatoms. The van der Waals surface area contributed by atoms with Crippen molar-refractivity contribution in [2.75, 3.05) is 0 Å². The molecule has 19 heavy (non-hydrogen) atoms. The van der Waals surface area contributed by atoms with Crippen molar-refractivity contribution in [1.82, 2.24) is 14.9 Å². The highest BCUT2D eigenvalue weighted by molar-refractivity contribution is 9.10. The van der Waals surface area contributed by atoms with E-state index in [1.54, 1.807) is 6.92 Å². The van der Waals surface area contributed by atoms with Gasteiger partial charge < -0.3 is 0 Å². The van der Waals surface area contributed by atoms with Crippen molar-refractivity contribution in [3.8, 4) is 0 Å². The number of H-pyrrole nitrogens is 1. The lowest BCUT2D eigenvalue weighted by molar-refractivity contribution is 0.575. The first kappa shape index (κ1) is 14.2. The highest BCUT2D eigenvalue weighted by Gasteiger charge is 2.18. The summed E-state index contributed by atoms with van der Waals surface area (Å²) in [6.45, 7) is 1.65. The quantitative estimate of drug-likeness (QED) is 0.889. The summed E-state index contributed by atoms with van der Waals surface area (Å²) >= 11 is 3.23. The maximum Gasteiger partial charge on any atom is 0.241 e. The molecule has 102 valence electrons. The molecule has 0 saturated heterocycles. The number of benzene rings is 1. The Hall–Kier alpha value is -1.25. The number of rotatable bonds is 4. The van der Waals surface area contributed by atoms with E-state index >= 15 is 0 Å². The second-order valence-corrected chi connectivity index (χ2v) is 6.52. The number of aromatic amines is 1. The highest BCUT2D eigenvalue weighted by atomic mass is 79.9. The molecule has 2 rings (SSSR count). The van der Waals surface area contributed by atoms with Crippen LogP contribution in [0.5, 0.6) is 0 Å². The van der Waals surface area contributed by atoms with Gasteiger partial charge in [0.15, 0.2) is 0 Å². The number of sulfonamides is 1. The molecule has 0 spiro atoms. The molecule has 0 aliphatic rings. The van der Waals surface area contributed by atoms with Gasteiger partial charge in [-0.2, -0.15) is 5.10 Å². The smallest absolute Gasteiger partial charge is 0.241 e. The molecule has 0 unspecified atom stereocenters. The summed E-state index contributed by atoms with van der Waals surface area (Å²) in [6.07, 6.45) is 1.52. The van der Waals surface area contributed by atoms with Crippen molar-refractivity contribution in [3.05, 3.63) is 45.9 Å².